The van der Waals surface area contributed by atoms with Crippen molar-refractivity contribution in [1.82, 2.24) is 19.6 Å². The third-order valence-corrected chi connectivity index (χ3v) is 17.2. The van der Waals surface area contributed by atoms with Crippen LogP contribution >= 0.6 is 19.3 Å². The molecule has 0 saturated carbocycles. The summed E-state index contributed by atoms with van der Waals surface area (Å²) in [5, 5.41) is 16.9. The molecule has 1 amide bonds. The van der Waals surface area contributed by atoms with E-state index in [1.807, 2.05) is 41.3 Å². The van der Waals surface area contributed by atoms with E-state index in [0.717, 1.165) is 74.1 Å². The molecular weight excluding hydrogens is 915 g/mol. The van der Waals surface area contributed by atoms with Crippen LogP contribution in [0.5, 0.6) is 5.88 Å². The summed E-state index contributed by atoms with van der Waals surface area (Å²) in [7, 11) is -7.49. The van der Waals surface area contributed by atoms with Crippen molar-refractivity contribution >= 4 is 80.3 Å². The Bertz CT molecular complexity index is 2820. The standard InChI is InChI=1S/C48H56ClN8O8PS/c1-48(2)16-12-35(40(29-48)33-4-6-36(49)7-5-33)31-54-19-21-55(22-20-54)37-8-10-39(42(27-37)56-18-3-23-65-47-44(56)26-34-13-17-50-45(34)52-47)46(58)53-67(63,64)38-9-11-41(43(28-38)57(59)60)51-30-32-14-24-66(61,62)25-15-32/h4-11,13,17,26-28,32,51,61-62H,3,12,14-16,18-25,29-31H2,1-2H3,(H-,50,52,53,58)/p+1. The SMILES string of the molecule is CC1(C)CCC(CN2CCN(c3ccc(C(=O)NS(=O)(=O)c4ccc(NCC5CC[P+](O)(O)CC5)c([N+](=O)[O-])c4)c(N4CCCOc5nc6[nH]ccc6cc54)c3)CC2)=C(c2ccc(Cl)cc2)C1. The van der Waals surface area contributed by atoms with Gasteiger partial charge in [-0.05, 0) is 116 Å². The van der Waals surface area contributed by atoms with Crippen molar-refractivity contribution in [1.29, 1.82) is 0 Å². The second-order valence-corrected chi connectivity index (χ2v) is 23.8. The number of ether oxygens (including phenoxy) is 1. The van der Waals surface area contributed by atoms with E-state index in [1.165, 1.54) is 28.8 Å². The molecule has 16 nitrogen and oxygen atoms in total. The highest BCUT2D eigenvalue weighted by Gasteiger charge is 2.39. The monoisotopic (exact) mass is 971 g/mol. The van der Waals surface area contributed by atoms with Crippen LogP contribution in [-0.4, -0.2) is 109 Å². The van der Waals surface area contributed by atoms with Crippen LogP contribution in [0.1, 0.15) is 68.3 Å². The number of H-pyrrole nitrogens is 1. The van der Waals surface area contributed by atoms with E-state index in [1.54, 1.807) is 12.3 Å². The highest BCUT2D eigenvalue weighted by Crippen LogP contribution is 2.55. The third kappa shape index (κ3) is 10.6. The predicted octanol–water partition coefficient (Wildman–Crippen LogP) is 8.60. The van der Waals surface area contributed by atoms with E-state index in [2.05, 4.69) is 50.8 Å². The lowest BCUT2D eigenvalue weighted by atomic mass is 9.72. The maximum atomic E-state index is 14.4. The van der Waals surface area contributed by atoms with Crippen molar-refractivity contribution in [3.63, 3.8) is 0 Å². The summed E-state index contributed by atoms with van der Waals surface area (Å²) in [6, 6.07) is 20.9. The number of carbonyl (C=O) groups is 1. The first-order valence-corrected chi connectivity index (χ1v) is 26.8. The largest absolute Gasteiger partial charge is 0.476 e. The number of nitro groups is 1. The van der Waals surface area contributed by atoms with Crippen LogP contribution in [0, 0.1) is 21.4 Å². The third-order valence-electron chi connectivity index (χ3n) is 13.7. The van der Waals surface area contributed by atoms with Gasteiger partial charge in [-0.1, -0.05) is 43.2 Å². The normalized spacial score (nSPS) is 19.1. The number of allylic oxidation sites excluding steroid dienone is 1. The Labute approximate surface area is 396 Å². The summed E-state index contributed by atoms with van der Waals surface area (Å²) < 4.78 is 36.3. The Morgan fingerprint density at radius 3 is 2.51 bits per heavy atom. The van der Waals surface area contributed by atoms with Gasteiger partial charge in [0.2, 0.25) is 5.88 Å². The molecule has 2 fully saturated rings. The number of aromatic nitrogens is 2. The molecular formula is C48H57ClN8O8PS+. The van der Waals surface area contributed by atoms with Gasteiger partial charge in [0, 0.05) is 74.2 Å². The van der Waals surface area contributed by atoms with E-state index >= 15 is 0 Å². The van der Waals surface area contributed by atoms with Gasteiger partial charge in [0.1, 0.15) is 29.3 Å². The van der Waals surface area contributed by atoms with E-state index in [-0.39, 0.29) is 22.6 Å². The molecule has 0 unspecified atom stereocenters. The van der Waals surface area contributed by atoms with E-state index in [9.17, 15) is 33.1 Å². The number of benzene rings is 3. The lowest BCUT2D eigenvalue weighted by Crippen LogP contribution is -2.47. The number of anilines is 4. The zero-order chi connectivity index (χ0) is 47.1. The topological polar surface area (TPSA) is 207 Å². The summed E-state index contributed by atoms with van der Waals surface area (Å²) >= 11 is 6.27. The first kappa shape index (κ1) is 46.8. The van der Waals surface area contributed by atoms with Crippen LogP contribution < -0.4 is 24.6 Å². The summed E-state index contributed by atoms with van der Waals surface area (Å²) in [5.41, 5.74) is 6.69. The minimum Gasteiger partial charge on any atom is -0.476 e. The number of piperazine rings is 1. The molecule has 5 N–H and O–H groups in total. The molecule has 0 atom stereocenters. The quantitative estimate of drug-likeness (QED) is 0.0452. The number of amides is 1. The highest BCUT2D eigenvalue weighted by atomic mass is 35.5. The number of fused-ring (bicyclic) bond motifs is 2. The second kappa shape index (κ2) is 19.0. The molecule has 3 aromatic carbocycles. The van der Waals surface area contributed by atoms with Crippen LogP contribution in [0.3, 0.4) is 0 Å². The summed E-state index contributed by atoms with van der Waals surface area (Å²) in [4.78, 5) is 60.2. The van der Waals surface area contributed by atoms with Crippen LogP contribution in [0.25, 0.3) is 16.6 Å². The van der Waals surface area contributed by atoms with Gasteiger partial charge in [0.25, 0.3) is 29.3 Å². The fraction of sp³-hybridized carbons (Fsp3) is 0.417. The average molecular weight is 973 g/mol. The van der Waals surface area contributed by atoms with Gasteiger partial charge in [0.05, 0.1) is 27.7 Å². The molecule has 5 aromatic rings. The number of nitrogens with one attached hydrogen (secondary N) is 3. The molecule has 2 aromatic heterocycles. The molecule has 0 spiro atoms. The van der Waals surface area contributed by atoms with E-state index in [4.69, 9.17) is 21.3 Å². The van der Waals surface area contributed by atoms with Crippen LogP contribution in [0.2, 0.25) is 5.02 Å². The van der Waals surface area contributed by atoms with Crippen molar-refractivity contribution in [2.24, 2.45) is 11.3 Å². The molecule has 3 aliphatic heterocycles. The van der Waals surface area contributed by atoms with Gasteiger partial charge in [-0.2, -0.15) is 4.98 Å². The van der Waals surface area contributed by atoms with Crippen LogP contribution in [0.15, 0.2) is 89.5 Å². The molecule has 67 heavy (non-hydrogen) atoms. The molecule has 5 heterocycles. The van der Waals surface area contributed by atoms with Crippen molar-refractivity contribution in [2.75, 3.05) is 79.9 Å². The average Bonchev–Trinajstić information content (AvgIpc) is 3.66. The molecule has 354 valence electrons. The number of hydrogen-bond acceptors (Lipinski definition) is 13. The lowest BCUT2D eigenvalue weighted by molar-refractivity contribution is -0.384. The van der Waals surface area contributed by atoms with Gasteiger partial charge < -0.3 is 24.8 Å². The number of halogens is 1. The molecule has 0 radical (unpaired) electrons. The first-order chi connectivity index (χ1) is 32.0. The highest BCUT2D eigenvalue weighted by molar-refractivity contribution is 7.90. The number of nitro benzene ring substituents is 1. The molecule has 4 aliphatic rings. The Kier molecular flexibility index (Phi) is 13.3. The van der Waals surface area contributed by atoms with Gasteiger partial charge in [-0.3, -0.25) is 19.8 Å². The Hall–Kier alpha value is -5.29. The summed E-state index contributed by atoms with van der Waals surface area (Å²) in [6.07, 6.45) is 7.29. The second-order valence-electron chi connectivity index (χ2n) is 19.0. The Morgan fingerprint density at radius 1 is 1.00 bits per heavy atom. The zero-order valence-electron chi connectivity index (χ0n) is 37.7. The number of sulfonamides is 1. The van der Waals surface area contributed by atoms with Crippen LogP contribution in [-0.2, 0) is 10.0 Å². The van der Waals surface area contributed by atoms with Crippen molar-refractivity contribution in [2.45, 2.75) is 57.3 Å². The number of carbonyl (C=O) groups excluding carboxylic acids is 1. The Morgan fingerprint density at radius 2 is 1.76 bits per heavy atom. The van der Waals surface area contributed by atoms with Gasteiger partial charge in [-0.15, -0.1) is 0 Å². The van der Waals surface area contributed by atoms with Crippen molar-refractivity contribution < 1.29 is 32.7 Å². The number of nitrogens with zero attached hydrogens (tertiary/aromatic N) is 5. The lowest BCUT2D eigenvalue weighted by Gasteiger charge is -2.39. The minimum atomic E-state index is -4.61. The smallest absolute Gasteiger partial charge is 0.293 e. The molecule has 2 saturated heterocycles. The zero-order valence-corrected chi connectivity index (χ0v) is 40.2. The number of rotatable bonds is 12. The maximum absolute atomic E-state index is 14.4. The summed E-state index contributed by atoms with van der Waals surface area (Å²) in [5.74, 6) is -0.452. The molecule has 19 heteroatoms. The van der Waals surface area contributed by atoms with Gasteiger partial charge in [-0.25, -0.2) is 22.9 Å². The molecule has 9 rings (SSSR count). The van der Waals surface area contributed by atoms with E-state index in [0.29, 0.717) is 74.2 Å². The van der Waals surface area contributed by atoms with Crippen molar-refractivity contribution in [3.05, 3.63) is 111 Å². The minimum absolute atomic E-state index is 0.0689. The number of hydrogen-bond donors (Lipinski definition) is 5. The number of aromatic amines is 1. The number of pyridine rings is 1. The molecule has 1 aliphatic carbocycles. The fourth-order valence-electron chi connectivity index (χ4n) is 9.75. The predicted molar refractivity (Wildman–Crippen MR) is 264 cm³/mol. The van der Waals surface area contributed by atoms with E-state index < -0.39 is 39.2 Å². The summed E-state index contributed by atoms with van der Waals surface area (Å²) in [6.45, 7) is 9.83. The fourth-order valence-corrected chi connectivity index (χ4v) is 12.6. The molecule has 0 bridgehead atoms. The van der Waals surface area contributed by atoms with Crippen molar-refractivity contribution in [3.8, 4) is 5.88 Å². The first-order valence-electron chi connectivity index (χ1n) is 22.9. The maximum Gasteiger partial charge on any atom is 0.293 e. The Balaban J connectivity index is 0.975. The van der Waals surface area contributed by atoms with Gasteiger partial charge >= 0.3 is 0 Å². The van der Waals surface area contributed by atoms with Gasteiger partial charge in [0.15, 0.2) is 0 Å². The van der Waals surface area contributed by atoms with Crippen LogP contribution in [0.4, 0.5) is 28.4 Å².